The van der Waals surface area contributed by atoms with Crippen LogP contribution in [-0.4, -0.2) is 17.3 Å². The van der Waals surface area contributed by atoms with Crippen molar-refractivity contribution in [3.63, 3.8) is 0 Å². The summed E-state index contributed by atoms with van der Waals surface area (Å²) >= 11 is 0. The van der Waals surface area contributed by atoms with Crippen LogP contribution in [0.2, 0.25) is 0 Å². The summed E-state index contributed by atoms with van der Waals surface area (Å²) in [6.07, 6.45) is 1.38. The molecular weight excluding hydrogens is 265 g/mol. The normalized spacial score (nSPS) is 13.8. The van der Waals surface area contributed by atoms with Gasteiger partial charge < -0.3 is 4.74 Å². The minimum atomic E-state index is -2.71. The lowest BCUT2D eigenvalue weighted by Gasteiger charge is -2.09. The Bertz CT molecular complexity index is 666. The van der Waals surface area contributed by atoms with E-state index in [4.69, 9.17) is 9.52 Å². The lowest BCUT2D eigenvalue weighted by atomic mass is 10.1. The Morgan fingerprint density at radius 2 is 1.79 bits per heavy atom. The summed E-state index contributed by atoms with van der Waals surface area (Å²) in [7, 11) is -2.71. The van der Waals surface area contributed by atoms with E-state index in [2.05, 4.69) is 0 Å². The molecule has 0 radical (unpaired) electrons. The second kappa shape index (κ2) is 5.40. The Balaban J connectivity index is 2.43. The van der Waals surface area contributed by atoms with Crippen LogP contribution in [0.25, 0.3) is 11.1 Å². The first-order valence-electron chi connectivity index (χ1n) is 5.64. The molecule has 0 amide bonds. The average molecular weight is 279 g/mol. The Morgan fingerprint density at radius 3 is 2.37 bits per heavy atom. The third-order valence-corrected chi connectivity index (χ3v) is 3.88. The molecular formula is C14H14FNO2S. The van der Waals surface area contributed by atoms with Gasteiger partial charge in [-0.05, 0) is 23.8 Å². The molecule has 2 aromatic carbocycles. The fourth-order valence-corrected chi connectivity index (χ4v) is 2.44. The van der Waals surface area contributed by atoms with Crippen molar-refractivity contribution in [2.24, 2.45) is 0 Å². The maximum atomic E-state index is 12.3. The van der Waals surface area contributed by atoms with Gasteiger partial charge in [0.2, 0.25) is 6.86 Å². The zero-order valence-electron chi connectivity index (χ0n) is 10.4. The van der Waals surface area contributed by atoms with E-state index >= 15 is 0 Å². The molecule has 2 aromatic rings. The van der Waals surface area contributed by atoms with E-state index in [-0.39, 0.29) is 0 Å². The monoisotopic (exact) mass is 279 g/mol. The van der Waals surface area contributed by atoms with Crippen molar-refractivity contribution in [2.45, 2.75) is 4.90 Å². The van der Waals surface area contributed by atoms with Crippen LogP contribution >= 0.6 is 0 Å². The maximum Gasteiger partial charge on any atom is 0.228 e. The summed E-state index contributed by atoms with van der Waals surface area (Å²) in [6.45, 7) is -0.884. The quantitative estimate of drug-likeness (QED) is 0.927. The van der Waals surface area contributed by atoms with E-state index in [0.29, 0.717) is 10.6 Å². The third-order valence-electron chi connectivity index (χ3n) is 2.71. The number of alkyl halides is 1. The van der Waals surface area contributed by atoms with Gasteiger partial charge in [-0.1, -0.05) is 30.3 Å². The zero-order valence-corrected chi connectivity index (χ0v) is 11.2. The summed E-state index contributed by atoms with van der Waals surface area (Å²) in [5, 5.41) is 0. The van der Waals surface area contributed by atoms with Crippen LogP contribution in [0.1, 0.15) is 0 Å². The molecule has 19 heavy (non-hydrogen) atoms. The second-order valence-corrected chi connectivity index (χ2v) is 6.28. The lowest BCUT2D eigenvalue weighted by Crippen LogP contribution is -1.95. The highest BCUT2D eigenvalue weighted by atomic mass is 32.2. The molecule has 0 aliphatic carbocycles. The Hall–Kier alpha value is -1.88. The molecule has 0 bridgehead atoms. The van der Waals surface area contributed by atoms with Crippen LogP contribution in [0, 0.1) is 4.78 Å². The van der Waals surface area contributed by atoms with E-state index in [9.17, 15) is 8.60 Å². The minimum absolute atomic E-state index is 0.459. The van der Waals surface area contributed by atoms with Crippen LogP contribution in [-0.2, 0) is 9.73 Å². The largest absolute Gasteiger partial charge is 0.462 e. The van der Waals surface area contributed by atoms with Gasteiger partial charge in [0, 0.05) is 16.7 Å². The fourth-order valence-electron chi connectivity index (χ4n) is 1.78. The minimum Gasteiger partial charge on any atom is -0.462 e. The van der Waals surface area contributed by atoms with Gasteiger partial charge in [-0.2, -0.15) is 0 Å². The van der Waals surface area contributed by atoms with Crippen molar-refractivity contribution in [1.29, 1.82) is 4.78 Å². The number of halogens is 1. The molecule has 0 heterocycles. The molecule has 0 spiro atoms. The fraction of sp³-hybridized carbons (Fsp3) is 0.143. The smallest absolute Gasteiger partial charge is 0.228 e. The van der Waals surface area contributed by atoms with Crippen LogP contribution in [0.4, 0.5) is 4.39 Å². The van der Waals surface area contributed by atoms with E-state index in [1.807, 2.05) is 12.1 Å². The van der Waals surface area contributed by atoms with Crippen LogP contribution in [0.3, 0.4) is 0 Å². The average Bonchev–Trinajstić information content (AvgIpc) is 2.39. The summed E-state index contributed by atoms with van der Waals surface area (Å²) < 4.78 is 36.3. The predicted octanol–water partition coefficient (Wildman–Crippen LogP) is 3.69. The number of ether oxygens (including phenoxy) is 1. The van der Waals surface area contributed by atoms with Gasteiger partial charge >= 0.3 is 0 Å². The third kappa shape index (κ3) is 3.12. The molecule has 0 unspecified atom stereocenters. The molecule has 1 atom stereocenters. The summed E-state index contributed by atoms with van der Waals surface area (Å²) in [5.74, 6) is 0.459. The molecule has 0 saturated heterocycles. The topological polar surface area (TPSA) is 50.2 Å². The van der Waals surface area contributed by atoms with Gasteiger partial charge in [-0.15, -0.1) is 0 Å². The van der Waals surface area contributed by atoms with Crippen molar-refractivity contribution in [3.05, 3.63) is 48.5 Å². The number of hydrogen-bond donors (Lipinski definition) is 1. The molecule has 0 aromatic heterocycles. The number of rotatable bonds is 4. The highest BCUT2D eigenvalue weighted by Gasteiger charge is 2.07. The number of para-hydroxylation sites is 1. The molecule has 2 rings (SSSR count). The van der Waals surface area contributed by atoms with E-state index < -0.39 is 16.6 Å². The Labute approximate surface area is 112 Å². The highest BCUT2D eigenvalue weighted by Crippen LogP contribution is 2.30. The zero-order chi connectivity index (χ0) is 13.9. The number of benzene rings is 2. The molecule has 0 saturated carbocycles. The van der Waals surface area contributed by atoms with Crippen molar-refractivity contribution in [2.75, 3.05) is 13.1 Å². The van der Waals surface area contributed by atoms with Gasteiger partial charge in [-0.25, -0.2) is 13.4 Å². The SMILES string of the molecule is C[S@@](=N)(=O)c1ccc(-c2ccccc2OCF)cc1. The van der Waals surface area contributed by atoms with Crippen molar-refractivity contribution in [3.8, 4) is 16.9 Å². The summed E-state index contributed by atoms with van der Waals surface area (Å²) in [4.78, 5) is 0.472. The first-order chi connectivity index (χ1) is 9.02. The van der Waals surface area contributed by atoms with E-state index in [0.717, 1.165) is 11.1 Å². The Morgan fingerprint density at radius 1 is 1.16 bits per heavy atom. The first-order valence-corrected chi connectivity index (χ1v) is 7.61. The standard InChI is InChI=1S/C14H14FNO2S/c1-19(16,17)12-8-6-11(7-9-12)13-4-2-3-5-14(13)18-10-15/h2-9,16H,10H2,1H3/t19-/m1/s1. The molecule has 5 heteroatoms. The van der Waals surface area contributed by atoms with E-state index in [1.165, 1.54) is 6.26 Å². The van der Waals surface area contributed by atoms with Crippen LogP contribution in [0.5, 0.6) is 5.75 Å². The maximum absolute atomic E-state index is 12.3. The van der Waals surface area contributed by atoms with Crippen molar-refractivity contribution < 1.29 is 13.3 Å². The van der Waals surface area contributed by atoms with Crippen LogP contribution in [0.15, 0.2) is 53.4 Å². The lowest BCUT2D eigenvalue weighted by molar-refractivity contribution is 0.192. The van der Waals surface area contributed by atoms with Crippen molar-refractivity contribution in [1.82, 2.24) is 0 Å². The predicted molar refractivity (Wildman–Crippen MR) is 73.5 cm³/mol. The van der Waals surface area contributed by atoms with Crippen molar-refractivity contribution >= 4 is 9.73 Å². The molecule has 3 nitrogen and oxygen atoms in total. The van der Waals surface area contributed by atoms with Crippen LogP contribution < -0.4 is 4.74 Å². The Kier molecular flexibility index (Phi) is 3.85. The highest BCUT2D eigenvalue weighted by molar-refractivity contribution is 7.91. The van der Waals surface area contributed by atoms with E-state index in [1.54, 1.807) is 36.4 Å². The van der Waals surface area contributed by atoms with Gasteiger partial charge in [0.05, 0.1) is 9.73 Å². The summed E-state index contributed by atoms with van der Waals surface area (Å²) in [6, 6.07) is 13.9. The molecule has 0 fully saturated rings. The molecule has 1 N–H and O–H groups in total. The number of nitrogens with one attached hydrogen (secondary N) is 1. The van der Waals surface area contributed by atoms with Gasteiger partial charge in [-0.3, -0.25) is 0 Å². The summed E-state index contributed by atoms with van der Waals surface area (Å²) in [5.41, 5.74) is 1.59. The van der Waals surface area contributed by atoms with Gasteiger partial charge in [0.25, 0.3) is 0 Å². The molecule has 100 valence electrons. The molecule has 0 aliphatic heterocycles. The van der Waals surface area contributed by atoms with Gasteiger partial charge in [0.15, 0.2) is 0 Å². The number of hydrogen-bond acceptors (Lipinski definition) is 3. The first kappa shape index (κ1) is 13.5. The van der Waals surface area contributed by atoms with Gasteiger partial charge in [0.1, 0.15) is 5.75 Å². The second-order valence-electron chi connectivity index (χ2n) is 4.12. The molecule has 0 aliphatic rings.